The molecule has 1 aromatic carbocycles. The summed E-state index contributed by atoms with van der Waals surface area (Å²) in [5.74, 6) is 1.84. The predicted molar refractivity (Wildman–Crippen MR) is 64.4 cm³/mol. The Morgan fingerprint density at radius 3 is 2.13 bits per heavy atom. The molecule has 0 atom stereocenters. The number of aryl methyl sites for hydroxylation is 1. The molecule has 4 rings (SSSR count). The molecule has 1 fully saturated rings. The van der Waals surface area contributed by atoms with Gasteiger partial charge in [-0.15, -0.1) is 0 Å². The van der Waals surface area contributed by atoms with E-state index >= 15 is 0 Å². The van der Waals surface area contributed by atoms with E-state index in [2.05, 4.69) is 26.0 Å². The smallest absolute Gasteiger partial charge is 0.00201 e. The molecule has 0 N–H and O–H groups in total. The standard InChI is InChI=1S/C15H20/c1-10-3-5-12(6-4-10)15-8-13-7-14(9-15)11(13)2/h8-10,12H,3-7H2,1-2H3. The van der Waals surface area contributed by atoms with Gasteiger partial charge in [-0.2, -0.15) is 0 Å². The van der Waals surface area contributed by atoms with Crippen LogP contribution in [0.3, 0.4) is 0 Å². The Labute approximate surface area is 92.7 Å². The first kappa shape index (κ1) is 9.45. The fourth-order valence-electron chi connectivity index (χ4n) is 3.16. The Morgan fingerprint density at radius 1 is 1.00 bits per heavy atom. The summed E-state index contributed by atoms with van der Waals surface area (Å²) in [5.41, 5.74) is 6.42. The van der Waals surface area contributed by atoms with Crippen molar-refractivity contribution in [1.29, 1.82) is 0 Å². The van der Waals surface area contributed by atoms with Crippen LogP contribution in [0, 0.1) is 12.8 Å². The van der Waals surface area contributed by atoms with Gasteiger partial charge in [-0.3, -0.25) is 0 Å². The van der Waals surface area contributed by atoms with Gasteiger partial charge in [0.25, 0.3) is 0 Å². The van der Waals surface area contributed by atoms with E-state index < -0.39 is 0 Å². The molecule has 0 spiro atoms. The van der Waals surface area contributed by atoms with Crippen molar-refractivity contribution in [2.45, 2.75) is 51.9 Å². The maximum absolute atomic E-state index is 2.48. The van der Waals surface area contributed by atoms with Crippen LogP contribution < -0.4 is 0 Å². The average molecular weight is 200 g/mol. The summed E-state index contributed by atoms with van der Waals surface area (Å²) in [7, 11) is 0. The van der Waals surface area contributed by atoms with Gasteiger partial charge in [0.05, 0.1) is 0 Å². The van der Waals surface area contributed by atoms with Gasteiger partial charge in [-0.25, -0.2) is 0 Å². The van der Waals surface area contributed by atoms with Gasteiger partial charge in [0.15, 0.2) is 0 Å². The lowest BCUT2D eigenvalue weighted by Crippen LogP contribution is -2.15. The number of benzene rings is 1. The van der Waals surface area contributed by atoms with Crippen LogP contribution in [0.15, 0.2) is 12.1 Å². The first-order valence-electron chi connectivity index (χ1n) is 6.36. The zero-order chi connectivity index (χ0) is 10.4. The lowest BCUT2D eigenvalue weighted by atomic mass is 9.75. The fourth-order valence-corrected chi connectivity index (χ4v) is 3.16. The average Bonchev–Trinajstić information content (AvgIpc) is 2.29. The quantitative estimate of drug-likeness (QED) is 0.647. The van der Waals surface area contributed by atoms with Crippen molar-refractivity contribution in [1.82, 2.24) is 0 Å². The van der Waals surface area contributed by atoms with Gasteiger partial charge in [-0.05, 0) is 60.3 Å². The molecule has 0 radical (unpaired) electrons. The molecule has 0 aliphatic heterocycles. The molecule has 0 saturated heterocycles. The molecule has 0 heterocycles. The lowest BCUT2D eigenvalue weighted by Gasteiger charge is -2.30. The van der Waals surface area contributed by atoms with Gasteiger partial charge in [0.2, 0.25) is 0 Å². The van der Waals surface area contributed by atoms with Crippen LogP contribution in [-0.4, -0.2) is 0 Å². The van der Waals surface area contributed by atoms with E-state index in [1.807, 2.05) is 0 Å². The minimum Gasteiger partial charge on any atom is -0.0625 e. The van der Waals surface area contributed by atoms with Gasteiger partial charge >= 0.3 is 0 Å². The predicted octanol–water partition coefficient (Wildman–Crippen LogP) is 4.19. The van der Waals surface area contributed by atoms with Crippen LogP contribution >= 0.6 is 0 Å². The van der Waals surface area contributed by atoms with Crippen LogP contribution in [0.25, 0.3) is 0 Å². The molecule has 0 amide bonds. The van der Waals surface area contributed by atoms with Gasteiger partial charge in [0.1, 0.15) is 0 Å². The van der Waals surface area contributed by atoms with Crippen LogP contribution in [0.5, 0.6) is 0 Å². The molecule has 0 heteroatoms. The van der Waals surface area contributed by atoms with Crippen molar-refractivity contribution in [2.24, 2.45) is 5.92 Å². The first-order chi connectivity index (χ1) is 7.24. The molecule has 3 aliphatic carbocycles. The highest BCUT2D eigenvalue weighted by Crippen LogP contribution is 2.39. The summed E-state index contributed by atoms with van der Waals surface area (Å²) < 4.78 is 0. The zero-order valence-electron chi connectivity index (χ0n) is 9.84. The Bertz CT molecular complexity index is 358. The summed E-state index contributed by atoms with van der Waals surface area (Å²) in [6, 6.07) is 4.95. The van der Waals surface area contributed by atoms with Crippen molar-refractivity contribution in [3.8, 4) is 0 Å². The molecular formula is C15H20. The molecule has 0 unspecified atom stereocenters. The SMILES string of the molecule is Cc1c2cc(C3CCC(C)CC3)cc1C2. The van der Waals surface area contributed by atoms with Gasteiger partial charge in [-0.1, -0.05) is 31.9 Å². The summed E-state index contributed by atoms with van der Waals surface area (Å²) >= 11 is 0. The maximum Gasteiger partial charge on any atom is -0.00201 e. The highest BCUT2D eigenvalue weighted by atomic mass is 14.3. The van der Waals surface area contributed by atoms with E-state index in [-0.39, 0.29) is 0 Å². The molecule has 0 aromatic heterocycles. The third kappa shape index (κ3) is 1.51. The third-order valence-electron chi connectivity index (χ3n) is 4.51. The fraction of sp³-hybridized carbons (Fsp3) is 0.600. The van der Waals surface area contributed by atoms with Crippen LogP contribution in [0.1, 0.15) is 60.8 Å². The monoisotopic (exact) mass is 200 g/mol. The van der Waals surface area contributed by atoms with Crippen molar-refractivity contribution in [3.63, 3.8) is 0 Å². The second-order valence-electron chi connectivity index (χ2n) is 5.60. The minimum atomic E-state index is 0.875. The first-order valence-corrected chi connectivity index (χ1v) is 6.36. The maximum atomic E-state index is 2.48. The summed E-state index contributed by atoms with van der Waals surface area (Å²) in [4.78, 5) is 0. The van der Waals surface area contributed by atoms with E-state index in [9.17, 15) is 0 Å². The van der Waals surface area contributed by atoms with E-state index in [4.69, 9.17) is 0 Å². The van der Waals surface area contributed by atoms with Crippen LogP contribution in [-0.2, 0) is 6.42 Å². The molecular weight excluding hydrogens is 180 g/mol. The number of hydrogen-bond acceptors (Lipinski definition) is 0. The molecule has 3 aliphatic rings. The minimum absolute atomic E-state index is 0.875. The third-order valence-corrected chi connectivity index (χ3v) is 4.51. The Morgan fingerprint density at radius 2 is 1.60 bits per heavy atom. The summed E-state index contributed by atoms with van der Waals surface area (Å²) in [6.07, 6.45) is 6.96. The molecule has 0 nitrogen and oxygen atoms in total. The molecule has 80 valence electrons. The topological polar surface area (TPSA) is 0 Å². The lowest BCUT2D eigenvalue weighted by molar-refractivity contribution is 0.347. The number of rotatable bonds is 1. The highest BCUT2D eigenvalue weighted by Gasteiger charge is 2.24. The Hall–Kier alpha value is -0.780. The van der Waals surface area contributed by atoms with E-state index in [1.54, 1.807) is 22.3 Å². The van der Waals surface area contributed by atoms with Crippen molar-refractivity contribution in [3.05, 3.63) is 34.4 Å². The van der Waals surface area contributed by atoms with Crippen molar-refractivity contribution < 1.29 is 0 Å². The normalized spacial score (nSPS) is 28.7. The Balaban J connectivity index is 1.80. The van der Waals surface area contributed by atoms with Crippen LogP contribution in [0.4, 0.5) is 0 Å². The highest BCUT2D eigenvalue weighted by molar-refractivity contribution is 5.51. The second kappa shape index (κ2) is 3.37. The van der Waals surface area contributed by atoms with E-state index in [0.29, 0.717) is 0 Å². The summed E-state index contributed by atoms with van der Waals surface area (Å²) in [6.45, 7) is 4.66. The van der Waals surface area contributed by atoms with Crippen LogP contribution in [0.2, 0.25) is 0 Å². The molecule has 1 saturated carbocycles. The zero-order valence-corrected chi connectivity index (χ0v) is 9.84. The molecule has 1 aromatic rings. The van der Waals surface area contributed by atoms with Gasteiger partial charge in [0, 0.05) is 0 Å². The summed E-state index contributed by atoms with van der Waals surface area (Å²) in [5, 5.41) is 0. The number of fused-ring (bicyclic) bond motifs is 2. The van der Waals surface area contributed by atoms with Crippen molar-refractivity contribution in [2.75, 3.05) is 0 Å². The number of hydrogen-bond donors (Lipinski definition) is 0. The van der Waals surface area contributed by atoms with Crippen molar-refractivity contribution >= 4 is 0 Å². The van der Waals surface area contributed by atoms with E-state index in [0.717, 1.165) is 11.8 Å². The largest absolute Gasteiger partial charge is 0.0625 e. The second-order valence-corrected chi connectivity index (χ2v) is 5.60. The molecule has 2 bridgehead atoms. The Kier molecular flexibility index (Phi) is 2.12. The molecule has 15 heavy (non-hydrogen) atoms. The van der Waals surface area contributed by atoms with E-state index in [1.165, 1.54) is 32.1 Å². The van der Waals surface area contributed by atoms with Gasteiger partial charge < -0.3 is 0 Å².